The summed E-state index contributed by atoms with van der Waals surface area (Å²) in [6.45, 7) is 0. The highest BCUT2D eigenvalue weighted by Crippen LogP contribution is 2.28. The number of rotatable bonds is 5. The first-order chi connectivity index (χ1) is 12.0. The molecule has 1 amide bonds. The Morgan fingerprint density at radius 1 is 1.28 bits per heavy atom. The van der Waals surface area contributed by atoms with E-state index in [2.05, 4.69) is 10.4 Å². The number of nitrogens with zero attached hydrogens (tertiary/aromatic N) is 2. The SMILES string of the molecule is COc1cccc(O[C@@H]2C[C@@H](NC(=O)c3ccnn3C)[C@H](O)[C@H]2O)c1. The molecule has 3 N–H and O–H groups in total. The van der Waals surface area contributed by atoms with Crippen molar-refractivity contribution in [3.05, 3.63) is 42.2 Å². The highest BCUT2D eigenvalue weighted by molar-refractivity contribution is 5.92. The maximum atomic E-state index is 12.3. The number of ether oxygens (including phenoxy) is 2. The minimum absolute atomic E-state index is 0.281. The zero-order chi connectivity index (χ0) is 18.0. The van der Waals surface area contributed by atoms with Crippen LogP contribution in [0.1, 0.15) is 16.9 Å². The van der Waals surface area contributed by atoms with E-state index in [4.69, 9.17) is 9.47 Å². The molecule has 2 aromatic rings. The number of aryl methyl sites for hydroxylation is 1. The molecule has 4 atom stereocenters. The van der Waals surface area contributed by atoms with Gasteiger partial charge in [0, 0.05) is 25.7 Å². The van der Waals surface area contributed by atoms with Crippen molar-refractivity contribution in [1.82, 2.24) is 15.1 Å². The van der Waals surface area contributed by atoms with E-state index < -0.39 is 24.4 Å². The molecule has 3 rings (SSSR count). The summed E-state index contributed by atoms with van der Waals surface area (Å²) >= 11 is 0. The van der Waals surface area contributed by atoms with E-state index >= 15 is 0 Å². The second kappa shape index (κ2) is 7.12. The molecule has 1 aliphatic carbocycles. The number of aliphatic hydroxyl groups excluding tert-OH is 2. The minimum atomic E-state index is -1.12. The molecule has 0 radical (unpaired) electrons. The van der Waals surface area contributed by atoms with Crippen molar-refractivity contribution < 1.29 is 24.5 Å². The maximum absolute atomic E-state index is 12.3. The van der Waals surface area contributed by atoms with E-state index in [1.807, 2.05) is 0 Å². The van der Waals surface area contributed by atoms with Gasteiger partial charge in [-0.15, -0.1) is 0 Å². The minimum Gasteiger partial charge on any atom is -0.497 e. The Balaban J connectivity index is 1.66. The van der Waals surface area contributed by atoms with Gasteiger partial charge in [-0.1, -0.05) is 6.07 Å². The molecule has 0 bridgehead atoms. The molecule has 0 aliphatic heterocycles. The third-order valence-corrected chi connectivity index (χ3v) is 4.33. The third-order valence-electron chi connectivity index (χ3n) is 4.33. The number of nitrogens with one attached hydrogen (secondary N) is 1. The fourth-order valence-electron chi connectivity index (χ4n) is 2.94. The summed E-state index contributed by atoms with van der Waals surface area (Å²) in [6, 6.07) is 7.95. The van der Waals surface area contributed by atoms with Gasteiger partial charge in [0.2, 0.25) is 0 Å². The number of amides is 1. The summed E-state index contributed by atoms with van der Waals surface area (Å²) in [4.78, 5) is 12.3. The first-order valence-electron chi connectivity index (χ1n) is 7.95. The lowest BCUT2D eigenvalue weighted by atomic mass is 10.2. The zero-order valence-electron chi connectivity index (χ0n) is 14.0. The quantitative estimate of drug-likeness (QED) is 0.708. The van der Waals surface area contributed by atoms with Crippen molar-refractivity contribution in [3.8, 4) is 11.5 Å². The Bertz CT molecular complexity index is 747. The highest BCUT2D eigenvalue weighted by atomic mass is 16.5. The molecule has 1 aromatic heterocycles. The van der Waals surface area contributed by atoms with Gasteiger partial charge in [-0.2, -0.15) is 5.10 Å². The topological polar surface area (TPSA) is 106 Å². The van der Waals surface area contributed by atoms with Gasteiger partial charge in [-0.05, 0) is 18.2 Å². The van der Waals surface area contributed by atoms with Crippen LogP contribution in [0.25, 0.3) is 0 Å². The highest BCUT2D eigenvalue weighted by Gasteiger charge is 2.44. The molecule has 1 saturated carbocycles. The van der Waals surface area contributed by atoms with Crippen molar-refractivity contribution in [2.24, 2.45) is 7.05 Å². The van der Waals surface area contributed by atoms with Crippen molar-refractivity contribution in [2.45, 2.75) is 30.8 Å². The number of carbonyl (C=O) groups is 1. The molecule has 0 unspecified atom stereocenters. The van der Waals surface area contributed by atoms with Crippen LogP contribution < -0.4 is 14.8 Å². The second-order valence-electron chi connectivity index (χ2n) is 5.97. The molecule has 8 nitrogen and oxygen atoms in total. The van der Waals surface area contributed by atoms with E-state index in [-0.39, 0.29) is 12.3 Å². The van der Waals surface area contributed by atoms with E-state index in [1.165, 1.54) is 10.9 Å². The van der Waals surface area contributed by atoms with E-state index in [0.29, 0.717) is 17.2 Å². The maximum Gasteiger partial charge on any atom is 0.269 e. The molecule has 8 heteroatoms. The zero-order valence-corrected chi connectivity index (χ0v) is 14.0. The molecule has 25 heavy (non-hydrogen) atoms. The molecular formula is C17H21N3O5. The number of hydrogen-bond donors (Lipinski definition) is 3. The van der Waals surface area contributed by atoms with E-state index in [9.17, 15) is 15.0 Å². The van der Waals surface area contributed by atoms with Crippen molar-refractivity contribution in [3.63, 3.8) is 0 Å². The van der Waals surface area contributed by atoms with E-state index in [1.54, 1.807) is 44.5 Å². The Morgan fingerprint density at radius 2 is 2.04 bits per heavy atom. The van der Waals surface area contributed by atoms with Gasteiger partial charge in [-0.25, -0.2) is 0 Å². The van der Waals surface area contributed by atoms with Crippen LogP contribution in [0, 0.1) is 0 Å². The van der Waals surface area contributed by atoms with Crippen LogP contribution in [0.3, 0.4) is 0 Å². The fraction of sp³-hybridized carbons (Fsp3) is 0.412. The normalized spacial score (nSPS) is 25.6. The van der Waals surface area contributed by atoms with Gasteiger partial charge in [-0.3, -0.25) is 9.48 Å². The lowest BCUT2D eigenvalue weighted by Gasteiger charge is -2.18. The number of carbonyl (C=O) groups excluding carboxylic acids is 1. The summed E-state index contributed by atoms with van der Waals surface area (Å²) < 4.78 is 12.3. The van der Waals surface area contributed by atoms with Crippen molar-refractivity contribution in [1.29, 1.82) is 0 Å². The molecule has 1 heterocycles. The Kier molecular flexibility index (Phi) is 4.91. The van der Waals surface area contributed by atoms with Gasteiger partial charge >= 0.3 is 0 Å². The summed E-state index contributed by atoms with van der Waals surface area (Å²) in [5.41, 5.74) is 0.374. The van der Waals surface area contributed by atoms with Crippen molar-refractivity contribution >= 4 is 5.91 Å². The van der Waals surface area contributed by atoms with Crippen LogP contribution in [-0.4, -0.2) is 57.4 Å². The van der Waals surface area contributed by atoms with Crippen LogP contribution in [-0.2, 0) is 7.05 Å². The third kappa shape index (κ3) is 3.59. The standard InChI is InChI=1S/C17H21N3O5/c1-20-13(6-7-18-20)17(23)19-12-9-14(16(22)15(12)21)25-11-5-3-4-10(8-11)24-2/h3-8,12,14-16,21-22H,9H2,1-2H3,(H,19,23)/t12-,14-,15+,16+/m1/s1. The molecule has 1 fully saturated rings. The lowest BCUT2D eigenvalue weighted by molar-refractivity contribution is -0.0135. The first kappa shape index (κ1) is 17.2. The van der Waals surface area contributed by atoms with Crippen LogP contribution in [0.5, 0.6) is 11.5 Å². The number of methoxy groups -OCH3 is 1. The molecule has 0 spiro atoms. The summed E-state index contributed by atoms with van der Waals surface area (Å²) in [5.74, 6) is 0.791. The Labute approximate surface area is 145 Å². The fourth-order valence-corrected chi connectivity index (χ4v) is 2.94. The smallest absolute Gasteiger partial charge is 0.269 e. The number of hydrogen-bond acceptors (Lipinski definition) is 6. The van der Waals surface area contributed by atoms with Gasteiger partial charge in [0.1, 0.15) is 35.5 Å². The largest absolute Gasteiger partial charge is 0.497 e. The second-order valence-corrected chi connectivity index (χ2v) is 5.97. The van der Waals surface area contributed by atoms with Gasteiger partial charge < -0.3 is 25.0 Å². The van der Waals surface area contributed by atoms with Gasteiger partial charge in [0.05, 0.1) is 13.2 Å². The summed E-state index contributed by atoms with van der Waals surface area (Å²) in [7, 11) is 3.21. The summed E-state index contributed by atoms with van der Waals surface area (Å²) in [5, 5.41) is 27.1. The van der Waals surface area contributed by atoms with E-state index in [0.717, 1.165) is 0 Å². The summed E-state index contributed by atoms with van der Waals surface area (Å²) in [6.07, 6.45) is -1.07. The number of aromatic nitrogens is 2. The van der Waals surface area contributed by atoms with Crippen LogP contribution in [0.2, 0.25) is 0 Å². The average molecular weight is 347 g/mol. The molecule has 0 saturated heterocycles. The van der Waals surface area contributed by atoms with Gasteiger partial charge in [0.15, 0.2) is 0 Å². The van der Waals surface area contributed by atoms with Crippen LogP contribution in [0.15, 0.2) is 36.5 Å². The predicted molar refractivity (Wildman–Crippen MR) is 88.5 cm³/mol. The number of aliphatic hydroxyl groups is 2. The molecule has 1 aliphatic rings. The Morgan fingerprint density at radius 3 is 2.72 bits per heavy atom. The number of benzene rings is 1. The first-order valence-corrected chi connectivity index (χ1v) is 7.95. The van der Waals surface area contributed by atoms with Crippen LogP contribution in [0.4, 0.5) is 0 Å². The average Bonchev–Trinajstić information content (AvgIpc) is 3.14. The van der Waals surface area contributed by atoms with Crippen LogP contribution >= 0.6 is 0 Å². The van der Waals surface area contributed by atoms with Gasteiger partial charge in [0.25, 0.3) is 5.91 Å². The predicted octanol–water partition coefficient (Wildman–Crippen LogP) is 0.100. The monoisotopic (exact) mass is 347 g/mol. The molecule has 134 valence electrons. The molecule has 1 aromatic carbocycles. The van der Waals surface area contributed by atoms with Crippen molar-refractivity contribution in [2.75, 3.05) is 7.11 Å². The molecular weight excluding hydrogens is 326 g/mol. The Hall–Kier alpha value is -2.58. The lowest BCUT2D eigenvalue weighted by Crippen LogP contribution is -2.43.